The normalized spacial score (nSPS) is 37.4. The van der Waals surface area contributed by atoms with Gasteiger partial charge in [-0.05, 0) is 142 Å². The van der Waals surface area contributed by atoms with Crippen molar-refractivity contribution < 1.29 is 34.3 Å². The van der Waals surface area contributed by atoms with E-state index in [0.717, 1.165) is 75.5 Å². The van der Waals surface area contributed by atoms with Gasteiger partial charge in [0.15, 0.2) is 6.29 Å². The minimum Gasteiger partial charge on any atom is -0.463 e. The van der Waals surface area contributed by atoms with Crippen molar-refractivity contribution in [3.63, 3.8) is 0 Å². The van der Waals surface area contributed by atoms with Gasteiger partial charge >= 0.3 is 5.97 Å². The molecule has 5 aliphatic rings. The molecule has 58 heavy (non-hydrogen) atoms. The zero-order valence-corrected chi connectivity index (χ0v) is 37.9. The minimum absolute atomic E-state index is 0.151. The molecule has 0 spiro atoms. The number of esters is 1. The molecule has 0 bridgehead atoms. The average molecular weight is 811 g/mol. The van der Waals surface area contributed by atoms with Crippen LogP contribution in [0.1, 0.15) is 183 Å². The Morgan fingerprint density at radius 1 is 0.845 bits per heavy atom. The first-order valence-electron chi connectivity index (χ1n) is 24.4. The van der Waals surface area contributed by atoms with Crippen molar-refractivity contribution in [3.8, 4) is 0 Å². The summed E-state index contributed by atoms with van der Waals surface area (Å²) in [5.74, 6) is 4.59. The third-order valence-electron chi connectivity index (χ3n) is 16.3. The quantitative estimate of drug-likeness (QED) is 0.0568. The Labute approximate surface area is 354 Å². The second-order valence-electron chi connectivity index (χ2n) is 20.4. The fourth-order valence-corrected chi connectivity index (χ4v) is 12.5. The lowest BCUT2D eigenvalue weighted by atomic mass is 9.47. The van der Waals surface area contributed by atoms with E-state index in [1.807, 2.05) is 0 Å². The number of rotatable bonds is 22. The molecule has 0 radical (unpaired) electrons. The number of hydrogen-bond acceptors (Lipinski definition) is 7. The molecule has 0 aromatic heterocycles. The van der Waals surface area contributed by atoms with Gasteiger partial charge in [-0.2, -0.15) is 0 Å². The van der Waals surface area contributed by atoms with Gasteiger partial charge in [0.2, 0.25) is 0 Å². The molecular formula is C51H86O7. The fourth-order valence-electron chi connectivity index (χ4n) is 12.5. The zero-order chi connectivity index (χ0) is 41.9. The van der Waals surface area contributed by atoms with Gasteiger partial charge in [-0.15, -0.1) is 0 Å². The van der Waals surface area contributed by atoms with E-state index in [9.17, 15) is 20.1 Å². The van der Waals surface area contributed by atoms with Crippen molar-refractivity contribution in [1.29, 1.82) is 0 Å². The number of fused-ring (bicyclic) bond motifs is 5. The van der Waals surface area contributed by atoms with Gasteiger partial charge in [0.25, 0.3) is 0 Å². The lowest BCUT2D eigenvalue weighted by Crippen LogP contribution is -2.60. The van der Waals surface area contributed by atoms with Crippen molar-refractivity contribution in [2.75, 3.05) is 6.61 Å². The van der Waals surface area contributed by atoms with Gasteiger partial charge in [-0.3, -0.25) is 4.79 Å². The predicted molar refractivity (Wildman–Crippen MR) is 235 cm³/mol. The van der Waals surface area contributed by atoms with E-state index >= 15 is 0 Å². The van der Waals surface area contributed by atoms with Crippen molar-refractivity contribution in [2.45, 2.75) is 220 Å². The standard InChI is InChI=1S/C51H86O7/c1-8-10-11-12-13-14-15-16-17-18-19-20-21-22-45(52)56-34-44-46(53)47(54)48(55)49(58-44)57-39-29-31-50(6)38(33-39)25-26-40-42-28-27-41(51(42,7)32-30-43(40)50)36(5)23-24-37(9-2)35(3)4/h16-17,23-25,35-37,39-44,46-49,53-55H,8-15,18-22,26-34H2,1-7H3/b17-16-,24-23+/t36-,37-,39+,40+,41-,42+,43+,44?,46-,47?,48?,49-,50+,51-/m1/s1. The van der Waals surface area contributed by atoms with Gasteiger partial charge in [0.1, 0.15) is 31.0 Å². The van der Waals surface area contributed by atoms with E-state index in [0.29, 0.717) is 35.5 Å². The fraction of sp³-hybridized carbons (Fsp3) is 0.863. The summed E-state index contributed by atoms with van der Waals surface area (Å²) in [6, 6.07) is 0. The largest absolute Gasteiger partial charge is 0.463 e. The number of aliphatic hydroxyl groups is 3. The van der Waals surface area contributed by atoms with E-state index < -0.39 is 30.7 Å². The predicted octanol–water partition coefficient (Wildman–Crippen LogP) is 11.4. The lowest BCUT2D eigenvalue weighted by Gasteiger charge is -2.58. The van der Waals surface area contributed by atoms with Gasteiger partial charge in [-0.1, -0.05) is 123 Å². The van der Waals surface area contributed by atoms with Crippen molar-refractivity contribution in [1.82, 2.24) is 0 Å². The number of unbranched alkanes of at least 4 members (excludes halogenated alkanes) is 9. The molecule has 1 saturated heterocycles. The number of hydrogen-bond donors (Lipinski definition) is 3. The monoisotopic (exact) mass is 811 g/mol. The van der Waals surface area contributed by atoms with E-state index in [4.69, 9.17) is 14.2 Å². The Balaban J connectivity index is 1.06. The summed E-state index contributed by atoms with van der Waals surface area (Å²) in [4.78, 5) is 12.6. The molecule has 0 aromatic rings. The summed E-state index contributed by atoms with van der Waals surface area (Å²) < 4.78 is 18.0. The molecule has 0 amide bonds. The Hall–Kier alpha value is -1.51. The third kappa shape index (κ3) is 11.7. The minimum atomic E-state index is -1.45. The van der Waals surface area contributed by atoms with Crippen LogP contribution in [0, 0.1) is 52.3 Å². The summed E-state index contributed by atoms with van der Waals surface area (Å²) in [5, 5.41) is 32.5. The molecule has 3 saturated carbocycles. The highest BCUT2D eigenvalue weighted by atomic mass is 16.7. The molecule has 4 aliphatic carbocycles. The molecule has 0 aromatic carbocycles. The molecule has 3 N–H and O–H groups in total. The summed E-state index contributed by atoms with van der Waals surface area (Å²) in [5.41, 5.74) is 2.04. The van der Waals surface area contributed by atoms with E-state index in [1.54, 1.807) is 0 Å². The highest BCUT2D eigenvalue weighted by molar-refractivity contribution is 5.69. The Morgan fingerprint density at radius 2 is 1.55 bits per heavy atom. The number of carbonyl (C=O) groups excluding carboxylic acids is 1. The number of ether oxygens (including phenoxy) is 3. The maximum Gasteiger partial charge on any atom is 0.305 e. The Bertz CT molecular complexity index is 1340. The van der Waals surface area contributed by atoms with Crippen LogP contribution >= 0.6 is 0 Å². The average Bonchev–Trinajstić information content (AvgIpc) is 3.56. The van der Waals surface area contributed by atoms with Crippen LogP contribution in [-0.2, 0) is 19.0 Å². The number of carbonyl (C=O) groups is 1. The second kappa shape index (κ2) is 22.5. The maximum atomic E-state index is 12.6. The highest BCUT2D eigenvalue weighted by Gasteiger charge is 2.59. The molecule has 4 fully saturated rings. The summed E-state index contributed by atoms with van der Waals surface area (Å²) >= 11 is 0. The van der Waals surface area contributed by atoms with Gasteiger partial charge < -0.3 is 29.5 Å². The molecule has 1 heterocycles. The SMILES string of the molecule is CCCCCCCC/C=C\CCCCCC(=O)OCC1O[C@@H](O[C@H]2CC[C@@]3(C)C(=CC[C@H]4[C@@H]5CC[C@H]([C@H](C)/C=C/[C@@H](CC)C(C)C)[C@@]5(C)CC[C@@H]43)C2)C(O)C(O)[C@@H]1O. The first kappa shape index (κ1) is 47.5. The van der Waals surface area contributed by atoms with Gasteiger partial charge in [0, 0.05) is 6.42 Å². The Kier molecular flexibility index (Phi) is 18.5. The first-order valence-corrected chi connectivity index (χ1v) is 24.4. The van der Waals surface area contributed by atoms with E-state index in [1.165, 1.54) is 76.2 Å². The van der Waals surface area contributed by atoms with E-state index in [2.05, 4.69) is 78.8 Å². The number of allylic oxidation sites excluding steroid dienone is 5. The summed E-state index contributed by atoms with van der Waals surface area (Å²) in [7, 11) is 0. The van der Waals surface area contributed by atoms with Crippen LogP contribution in [0.4, 0.5) is 0 Å². The second-order valence-corrected chi connectivity index (χ2v) is 20.4. The lowest BCUT2D eigenvalue weighted by molar-refractivity contribution is -0.313. The Morgan fingerprint density at radius 3 is 2.26 bits per heavy atom. The van der Waals surface area contributed by atoms with Gasteiger partial charge in [-0.25, -0.2) is 0 Å². The van der Waals surface area contributed by atoms with Crippen LogP contribution in [0.25, 0.3) is 0 Å². The smallest absolute Gasteiger partial charge is 0.305 e. The molecule has 1 aliphatic heterocycles. The van der Waals surface area contributed by atoms with Crippen LogP contribution in [-0.4, -0.2) is 64.7 Å². The van der Waals surface area contributed by atoms with Crippen LogP contribution in [0.15, 0.2) is 36.0 Å². The molecule has 14 atom stereocenters. The zero-order valence-electron chi connectivity index (χ0n) is 37.9. The van der Waals surface area contributed by atoms with Crippen LogP contribution in [0.5, 0.6) is 0 Å². The number of aliphatic hydroxyl groups excluding tert-OH is 3. The van der Waals surface area contributed by atoms with Crippen molar-refractivity contribution >= 4 is 5.97 Å². The molecule has 7 heteroatoms. The molecular weight excluding hydrogens is 725 g/mol. The molecule has 5 rings (SSSR count). The topological polar surface area (TPSA) is 105 Å². The first-order chi connectivity index (χ1) is 27.8. The van der Waals surface area contributed by atoms with E-state index in [-0.39, 0.29) is 24.1 Å². The molecule has 3 unspecified atom stereocenters. The molecule has 7 nitrogen and oxygen atoms in total. The summed E-state index contributed by atoms with van der Waals surface area (Å²) in [6.45, 7) is 16.7. The van der Waals surface area contributed by atoms with Crippen molar-refractivity contribution in [3.05, 3.63) is 36.0 Å². The van der Waals surface area contributed by atoms with Crippen molar-refractivity contribution in [2.24, 2.45) is 52.3 Å². The summed E-state index contributed by atoms with van der Waals surface area (Å²) in [6.07, 6.45) is 29.3. The van der Waals surface area contributed by atoms with Crippen LogP contribution in [0.3, 0.4) is 0 Å². The maximum absolute atomic E-state index is 12.6. The van der Waals surface area contributed by atoms with Crippen LogP contribution in [0.2, 0.25) is 0 Å². The third-order valence-corrected chi connectivity index (χ3v) is 16.3. The van der Waals surface area contributed by atoms with Crippen LogP contribution < -0.4 is 0 Å². The van der Waals surface area contributed by atoms with Gasteiger partial charge in [0.05, 0.1) is 6.10 Å². The highest BCUT2D eigenvalue weighted by Crippen LogP contribution is 2.67. The molecule has 332 valence electrons.